The van der Waals surface area contributed by atoms with Crippen molar-refractivity contribution in [2.24, 2.45) is 0 Å². The Morgan fingerprint density at radius 2 is 1.94 bits per heavy atom. The number of aliphatic hydroxyl groups excluding tert-OH is 1. The van der Waals surface area contributed by atoms with Crippen molar-refractivity contribution in [3.8, 4) is 5.75 Å². The van der Waals surface area contributed by atoms with Gasteiger partial charge in [0.05, 0.1) is 0 Å². The summed E-state index contributed by atoms with van der Waals surface area (Å²) >= 11 is 0. The van der Waals surface area contributed by atoms with Gasteiger partial charge in [-0.25, -0.2) is 0 Å². The number of aromatic hydroxyl groups is 1. The van der Waals surface area contributed by atoms with E-state index in [1.807, 2.05) is 6.07 Å². The van der Waals surface area contributed by atoms with Gasteiger partial charge < -0.3 is 15.5 Å². The molecule has 0 aliphatic rings. The average Bonchev–Trinajstić information content (AvgIpc) is 2.31. The van der Waals surface area contributed by atoms with Crippen molar-refractivity contribution in [1.29, 1.82) is 0 Å². The molecule has 1 aromatic rings. The van der Waals surface area contributed by atoms with Gasteiger partial charge in [-0.15, -0.1) is 0 Å². The van der Waals surface area contributed by atoms with Gasteiger partial charge in [0.1, 0.15) is 5.75 Å². The Labute approximate surface area is 102 Å². The lowest BCUT2D eigenvalue weighted by molar-refractivity contribution is -0.117. The molecule has 0 atom stereocenters. The minimum atomic E-state index is -0.145. The molecular weight excluding hydrogens is 218 g/mol. The van der Waals surface area contributed by atoms with Crippen LogP contribution in [0.5, 0.6) is 5.75 Å². The van der Waals surface area contributed by atoms with Crippen LogP contribution in [0.25, 0.3) is 0 Å². The van der Waals surface area contributed by atoms with Crippen molar-refractivity contribution >= 4 is 5.91 Å². The zero-order chi connectivity index (χ0) is 13.1. The number of hydrogen-bond acceptors (Lipinski definition) is 3. The Morgan fingerprint density at radius 3 is 2.29 bits per heavy atom. The summed E-state index contributed by atoms with van der Waals surface area (Å²) in [6, 6.07) is 8.71. The molecule has 0 radical (unpaired) electrons. The number of benzene rings is 1. The molecule has 0 saturated heterocycles. The molecule has 0 fully saturated rings. The van der Waals surface area contributed by atoms with Gasteiger partial charge in [-0.3, -0.25) is 4.79 Å². The van der Waals surface area contributed by atoms with Gasteiger partial charge in [0.25, 0.3) is 0 Å². The fourth-order valence-electron chi connectivity index (χ4n) is 0.860. The number of carbonyl (C=O) groups is 1. The molecule has 0 aliphatic carbocycles. The third kappa shape index (κ3) is 9.14. The largest absolute Gasteiger partial charge is 0.508 e. The third-order valence-electron chi connectivity index (χ3n) is 1.76. The topological polar surface area (TPSA) is 69.6 Å². The van der Waals surface area contributed by atoms with Crippen molar-refractivity contribution in [2.45, 2.75) is 13.3 Å². The second-order valence-electron chi connectivity index (χ2n) is 3.45. The van der Waals surface area contributed by atoms with Crippen LogP contribution in [0.3, 0.4) is 0 Å². The first kappa shape index (κ1) is 15.2. The van der Waals surface area contributed by atoms with E-state index in [4.69, 9.17) is 10.2 Å². The van der Waals surface area contributed by atoms with Crippen LogP contribution < -0.4 is 5.32 Å². The Balaban J connectivity index is 0.000000318. The molecule has 3 N–H and O–H groups in total. The number of carbonyl (C=O) groups excluding carboxylic acids is 1. The number of aliphatic hydroxyl groups is 1. The predicted octanol–water partition coefficient (Wildman–Crippen LogP) is 1.45. The summed E-state index contributed by atoms with van der Waals surface area (Å²) < 4.78 is 0. The van der Waals surface area contributed by atoms with E-state index in [0.29, 0.717) is 24.3 Å². The van der Waals surface area contributed by atoms with E-state index in [9.17, 15) is 4.79 Å². The molecule has 1 amide bonds. The van der Waals surface area contributed by atoms with Crippen LogP contribution in [0.2, 0.25) is 0 Å². The van der Waals surface area contributed by atoms with Gasteiger partial charge in [0.2, 0.25) is 5.91 Å². The zero-order valence-corrected chi connectivity index (χ0v) is 10.0. The molecule has 0 bridgehead atoms. The van der Waals surface area contributed by atoms with Crippen molar-refractivity contribution in [3.63, 3.8) is 0 Å². The van der Waals surface area contributed by atoms with Crippen molar-refractivity contribution in [1.82, 2.24) is 5.32 Å². The minimum Gasteiger partial charge on any atom is -0.508 e. The monoisotopic (exact) mass is 237 g/mol. The molecule has 17 heavy (non-hydrogen) atoms. The molecule has 0 spiro atoms. The highest BCUT2D eigenvalue weighted by molar-refractivity contribution is 5.91. The molecule has 4 nitrogen and oxygen atoms in total. The number of nitrogens with one attached hydrogen (secondary N) is 1. The minimum absolute atomic E-state index is 0.108. The van der Waals surface area contributed by atoms with E-state index in [1.165, 1.54) is 0 Å². The first-order chi connectivity index (χ1) is 8.07. The quantitative estimate of drug-likeness (QED) is 0.548. The van der Waals surface area contributed by atoms with Gasteiger partial charge in [0.15, 0.2) is 0 Å². The number of amides is 1. The maximum absolute atomic E-state index is 10.7. The molecule has 0 aliphatic heterocycles. The molecule has 0 unspecified atom stereocenters. The van der Waals surface area contributed by atoms with E-state index < -0.39 is 0 Å². The summed E-state index contributed by atoms with van der Waals surface area (Å²) in [4.78, 5) is 10.7. The predicted molar refractivity (Wildman–Crippen MR) is 67.6 cm³/mol. The number of para-hydroxylation sites is 1. The highest BCUT2D eigenvalue weighted by atomic mass is 16.3. The first-order valence-corrected chi connectivity index (χ1v) is 5.36. The van der Waals surface area contributed by atoms with E-state index in [1.54, 1.807) is 31.2 Å². The van der Waals surface area contributed by atoms with Crippen LogP contribution in [-0.2, 0) is 4.79 Å². The summed E-state index contributed by atoms with van der Waals surface area (Å²) in [7, 11) is 0. The Morgan fingerprint density at radius 1 is 1.35 bits per heavy atom. The van der Waals surface area contributed by atoms with E-state index in [0.717, 1.165) is 0 Å². The van der Waals surface area contributed by atoms with Crippen LogP contribution in [-0.4, -0.2) is 29.3 Å². The highest BCUT2D eigenvalue weighted by Gasteiger charge is 1.97. The van der Waals surface area contributed by atoms with Crippen molar-refractivity contribution in [3.05, 3.63) is 42.5 Å². The fraction of sp³-hybridized carbons (Fsp3) is 0.308. The van der Waals surface area contributed by atoms with Gasteiger partial charge in [-0.05, 0) is 25.5 Å². The standard InChI is InChI=1S/C7H13NO2.C6H6O/c1-6(2)7(10)8-4-3-5-9;7-6-4-2-1-3-5-6/h9H,1,3-5H2,2H3,(H,8,10);1-5,7H. The summed E-state index contributed by atoms with van der Waals surface area (Å²) in [5.74, 6) is 0.177. The first-order valence-electron chi connectivity index (χ1n) is 5.36. The van der Waals surface area contributed by atoms with Crippen molar-refractivity contribution in [2.75, 3.05) is 13.2 Å². The van der Waals surface area contributed by atoms with Crippen LogP contribution in [0.1, 0.15) is 13.3 Å². The maximum atomic E-state index is 10.7. The molecule has 1 rings (SSSR count). The summed E-state index contributed by atoms with van der Waals surface area (Å²) in [5.41, 5.74) is 0.498. The van der Waals surface area contributed by atoms with E-state index in [-0.39, 0.29) is 12.5 Å². The smallest absolute Gasteiger partial charge is 0.246 e. The fourth-order valence-corrected chi connectivity index (χ4v) is 0.860. The van der Waals surface area contributed by atoms with Crippen molar-refractivity contribution < 1.29 is 15.0 Å². The number of hydrogen-bond donors (Lipinski definition) is 3. The zero-order valence-electron chi connectivity index (χ0n) is 10.0. The Hall–Kier alpha value is -1.81. The maximum Gasteiger partial charge on any atom is 0.246 e. The van der Waals surface area contributed by atoms with Gasteiger partial charge in [-0.1, -0.05) is 24.8 Å². The number of phenolic OH excluding ortho intramolecular Hbond substituents is 1. The number of phenols is 1. The average molecular weight is 237 g/mol. The highest BCUT2D eigenvalue weighted by Crippen LogP contribution is 2.02. The molecular formula is C13H19NO3. The van der Waals surface area contributed by atoms with E-state index >= 15 is 0 Å². The lowest BCUT2D eigenvalue weighted by Gasteiger charge is -2.01. The SMILES string of the molecule is C=C(C)C(=O)NCCCO.Oc1ccccc1. The summed E-state index contributed by atoms with van der Waals surface area (Å²) in [6.45, 7) is 5.73. The van der Waals surface area contributed by atoms with Gasteiger partial charge in [-0.2, -0.15) is 0 Å². The van der Waals surface area contributed by atoms with E-state index in [2.05, 4.69) is 11.9 Å². The lowest BCUT2D eigenvalue weighted by atomic mass is 10.3. The molecule has 0 heterocycles. The van der Waals surface area contributed by atoms with Crippen LogP contribution in [0, 0.1) is 0 Å². The molecule has 0 aromatic heterocycles. The van der Waals surface area contributed by atoms with Gasteiger partial charge in [0, 0.05) is 18.7 Å². The summed E-state index contributed by atoms with van der Waals surface area (Å²) in [6.07, 6.45) is 0.596. The normalized spacial score (nSPS) is 8.82. The summed E-state index contributed by atoms with van der Waals surface area (Å²) in [5, 5.41) is 19.6. The van der Waals surface area contributed by atoms with Crippen LogP contribution in [0.15, 0.2) is 42.5 Å². The molecule has 94 valence electrons. The molecule has 1 aromatic carbocycles. The second-order valence-corrected chi connectivity index (χ2v) is 3.45. The molecule has 0 saturated carbocycles. The van der Waals surface area contributed by atoms with Gasteiger partial charge >= 0.3 is 0 Å². The second kappa shape index (κ2) is 9.42. The Kier molecular flexibility index (Phi) is 8.42. The lowest BCUT2D eigenvalue weighted by Crippen LogP contribution is -2.25. The van der Waals surface area contributed by atoms with Crippen LogP contribution >= 0.6 is 0 Å². The third-order valence-corrected chi connectivity index (χ3v) is 1.76. The number of rotatable bonds is 4. The Bertz CT molecular complexity index is 336. The van der Waals surface area contributed by atoms with Crippen LogP contribution in [0.4, 0.5) is 0 Å². The molecule has 4 heteroatoms.